The fourth-order valence-corrected chi connectivity index (χ4v) is 2.75. The lowest BCUT2D eigenvalue weighted by Crippen LogP contribution is -2.24. The Morgan fingerprint density at radius 1 is 1.30 bits per heavy atom. The molecule has 108 valence electrons. The molecule has 0 aliphatic carbocycles. The Balaban J connectivity index is 0.00000147. The average Bonchev–Trinajstić information content (AvgIpc) is 2.95. The zero-order valence-corrected chi connectivity index (χ0v) is 11.8. The molecule has 0 saturated carbocycles. The van der Waals surface area contributed by atoms with Crippen molar-refractivity contribution in [1.82, 2.24) is 4.90 Å². The van der Waals surface area contributed by atoms with Crippen molar-refractivity contribution in [3.05, 3.63) is 41.7 Å². The van der Waals surface area contributed by atoms with Gasteiger partial charge >= 0.3 is 5.97 Å². The lowest BCUT2D eigenvalue weighted by Gasteiger charge is -2.13. The average molecular weight is 298 g/mol. The van der Waals surface area contributed by atoms with Crippen molar-refractivity contribution < 1.29 is 13.9 Å². The molecule has 0 amide bonds. The molecule has 20 heavy (non-hydrogen) atoms. The van der Waals surface area contributed by atoms with E-state index in [1.54, 1.807) is 12.1 Å². The van der Waals surface area contributed by atoms with Crippen LogP contribution < -0.4 is 0 Å². The van der Waals surface area contributed by atoms with Crippen molar-refractivity contribution >= 4 is 24.5 Å². The van der Waals surface area contributed by atoms with Gasteiger partial charge in [-0.15, -0.1) is 12.4 Å². The molecule has 0 unspecified atom stereocenters. The summed E-state index contributed by atoms with van der Waals surface area (Å²) in [4.78, 5) is 13.7. The monoisotopic (exact) mass is 297 g/mol. The highest BCUT2D eigenvalue weighted by atomic mass is 35.5. The summed E-state index contributed by atoms with van der Waals surface area (Å²) in [5.74, 6) is 0.170. The first-order valence-electron chi connectivity index (χ1n) is 6.53. The molecule has 2 atom stereocenters. The summed E-state index contributed by atoms with van der Waals surface area (Å²) in [6, 6.07) is 6.41. The van der Waals surface area contributed by atoms with Gasteiger partial charge in [0.2, 0.25) is 0 Å². The van der Waals surface area contributed by atoms with Crippen molar-refractivity contribution in [2.75, 3.05) is 26.2 Å². The van der Waals surface area contributed by atoms with E-state index in [1.165, 1.54) is 12.1 Å². The van der Waals surface area contributed by atoms with E-state index < -0.39 is 0 Å². The second-order valence-electron chi connectivity index (χ2n) is 5.17. The van der Waals surface area contributed by atoms with Gasteiger partial charge in [0.15, 0.2) is 0 Å². The molecule has 1 aromatic rings. The van der Waals surface area contributed by atoms with Crippen molar-refractivity contribution in [3.8, 4) is 0 Å². The van der Waals surface area contributed by atoms with E-state index in [0.29, 0.717) is 12.5 Å². The van der Waals surface area contributed by atoms with E-state index in [1.807, 2.05) is 6.08 Å². The van der Waals surface area contributed by atoms with Crippen molar-refractivity contribution in [2.45, 2.75) is 0 Å². The third kappa shape index (κ3) is 3.19. The maximum Gasteiger partial charge on any atom is 0.310 e. The topological polar surface area (TPSA) is 29.5 Å². The first-order valence-corrected chi connectivity index (χ1v) is 6.53. The van der Waals surface area contributed by atoms with E-state index in [0.717, 1.165) is 25.2 Å². The number of ether oxygens (including phenoxy) is 1. The van der Waals surface area contributed by atoms with Gasteiger partial charge in [0.1, 0.15) is 5.82 Å². The minimum atomic E-state index is -0.219. The molecule has 0 radical (unpaired) electrons. The minimum absolute atomic E-state index is 0. The molecule has 2 heterocycles. The van der Waals surface area contributed by atoms with Gasteiger partial charge in [-0.05, 0) is 17.7 Å². The first kappa shape index (κ1) is 15.0. The zero-order chi connectivity index (χ0) is 13.2. The van der Waals surface area contributed by atoms with Crippen LogP contribution in [-0.2, 0) is 9.53 Å². The Bertz CT molecular complexity index is 503. The van der Waals surface area contributed by atoms with E-state index in [2.05, 4.69) is 11.0 Å². The molecule has 5 heteroatoms. The van der Waals surface area contributed by atoms with E-state index in [4.69, 9.17) is 4.74 Å². The molecule has 3 nitrogen and oxygen atoms in total. The minimum Gasteiger partial charge on any atom is -0.465 e. The number of halogens is 2. The third-order valence-corrected chi connectivity index (χ3v) is 3.80. The molecule has 2 fully saturated rings. The number of carbonyl (C=O) groups excluding carboxylic acids is 1. The molecule has 0 spiro atoms. The van der Waals surface area contributed by atoms with E-state index in [9.17, 15) is 9.18 Å². The number of nitrogens with zero attached hydrogens (tertiary/aromatic N) is 1. The van der Waals surface area contributed by atoms with Crippen LogP contribution in [0, 0.1) is 17.7 Å². The largest absolute Gasteiger partial charge is 0.465 e. The van der Waals surface area contributed by atoms with Crippen LogP contribution in [0.3, 0.4) is 0 Å². The fourth-order valence-electron chi connectivity index (χ4n) is 2.75. The van der Waals surface area contributed by atoms with Crippen molar-refractivity contribution in [2.24, 2.45) is 11.8 Å². The standard InChI is InChI=1S/C15H16FNO2.ClH/c16-13-5-3-11(4-6-13)2-1-7-17-8-12-10-19-15(18)14(12)9-17;/h1-6,12,14H,7-10H2;1H/t12-,14-;/m1./s1. The number of cyclic esters (lactones) is 1. The molecular weight excluding hydrogens is 281 g/mol. The summed E-state index contributed by atoms with van der Waals surface area (Å²) in [6.45, 7) is 3.10. The summed E-state index contributed by atoms with van der Waals surface area (Å²) in [7, 11) is 0. The van der Waals surface area contributed by atoms with Gasteiger partial charge in [-0.25, -0.2) is 4.39 Å². The van der Waals surface area contributed by atoms with Crippen LogP contribution in [0.15, 0.2) is 30.3 Å². The number of fused-ring (bicyclic) bond motifs is 1. The number of rotatable bonds is 3. The number of carbonyl (C=O) groups is 1. The first-order chi connectivity index (χ1) is 9.22. The lowest BCUT2D eigenvalue weighted by atomic mass is 10.0. The van der Waals surface area contributed by atoms with Crippen molar-refractivity contribution in [1.29, 1.82) is 0 Å². The highest BCUT2D eigenvalue weighted by Gasteiger charge is 2.43. The fraction of sp³-hybridized carbons (Fsp3) is 0.400. The molecule has 2 aliphatic rings. The van der Waals surface area contributed by atoms with Gasteiger partial charge in [-0.1, -0.05) is 24.3 Å². The molecule has 0 bridgehead atoms. The molecule has 3 rings (SSSR count). The number of hydrogen-bond donors (Lipinski definition) is 0. The molecular formula is C15H17ClFNO2. The Morgan fingerprint density at radius 3 is 2.75 bits per heavy atom. The van der Waals surface area contributed by atoms with Gasteiger partial charge in [0, 0.05) is 25.6 Å². The number of hydrogen-bond acceptors (Lipinski definition) is 3. The Morgan fingerprint density at radius 2 is 2.05 bits per heavy atom. The highest BCUT2D eigenvalue weighted by molar-refractivity contribution is 5.85. The Kier molecular flexibility index (Phi) is 4.78. The zero-order valence-electron chi connectivity index (χ0n) is 11.0. The predicted octanol–water partition coefficient (Wildman–Crippen LogP) is 2.37. The molecule has 1 aromatic carbocycles. The number of benzene rings is 1. The molecule has 0 N–H and O–H groups in total. The van der Waals surface area contributed by atoms with Gasteiger partial charge in [-0.3, -0.25) is 9.69 Å². The lowest BCUT2D eigenvalue weighted by molar-refractivity contribution is -0.141. The number of likely N-dealkylation sites (tertiary alicyclic amines) is 1. The Hall–Kier alpha value is -1.39. The summed E-state index contributed by atoms with van der Waals surface area (Å²) in [5.41, 5.74) is 0.986. The summed E-state index contributed by atoms with van der Waals surface area (Å²) in [6.07, 6.45) is 4.03. The summed E-state index contributed by atoms with van der Waals surface area (Å²) in [5, 5.41) is 0. The SMILES string of the molecule is Cl.O=C1OC[C@H]2CN(CC=Cc3ccc(F)cc3)C[C@@H]12. The number of esters is 1. The summed E-state index contributed by atoms with van der Waals surface area (Å²) >= 11 is 0. The van der Waals surface area contributed by atoms with Gasteiger partial charge in [0.25, 0.3) is 0 Å². The second-order valence-corrected chi connectivity index (χ2v) is 5.17. The maximum atomic E-state index is 12.7. The van der Waals surface area contributed by atoms with Gasteiger partial charge in [-0.2, -0.15) is 0 Å². The highest BCUT2D eigenvalue weighted by Crippen LogP contribution is 2.29. The molecule has 2 saturated heterocycles. The van der Waals surface area contributed by atoms with Crippen molar-refractivity contribution in [3.63, 3.8) is 0 Å². The normalized spacial score (nSPS) is 25.6. The van der Waals surface area contributed by atoms with Crippen LogP contribution in [0.5, 0.6) is 0 Å². The molecule has 2 aliphatic heterocycles. The Labute approximate surface area is 123 Å². The smallest absolute Gasteiger partial charge is 0.310 e. The second kappa shape index (κ2) is 6.37. The van der Waals surface area contributed by atoms with Crippen LogP contribution >= 0.6 is 12.4 Å². The van der Waals surface area contributed by atoms with Crippen LogP contribution in [0.4, 0.5) is 4.39 Å². The van der Waals surface area contributed by atoms with Crippen LogP contribution in [0.1, 0.15) is 5.56 Å². The molecule has 0 aromatic heterocycles. The van der Waals surface area contributed by atoms with Crippen LogP contribution in [-0.4, -0.2) is 37.1 Å². The quantitative estimate of drug-likeness (QED) is 0.802. The predicted molar refractivity (Wildman–Crippen MR) is 77.1 cm³/mol. The third-order valence-electron chi connectivity index (χ3n) is 3.80. The maximum absolute atomic E-state index is 12.7. The van der Waals surface area contributed by atoms with E-state index in [-0.39, 0.29) is 30.1 Å². The van der Waals surface area contributed by atoms with Crippen LogP contribution in [0.25, 0.3) is 6.08 Å². The van der Waals surface area contributed by atoms with Gasteiger partial charge in [0.05, 0.1) is 12.5 Å². The van der Waals surface area contributed by atoms with Crippen LogP contribution in [0.2, 0.25) is 0 Å². The summed E-state index contributed by atoms with van der Waals surface area (Å²) < 4.78 is 17.8. The van der Waals surface area contributed by atoms with E-state index >= 15 is 0 Å². The van der Waals surface area contributed by atoms with Gasteiger partial charge < -0.3 is 4.74 Å².